The van der Waals surface area contributed by atoms with Crippen LogP contribution in [0.5, 0.6) is 5.75 Å². The van der Waals surface area contributed by atoms with Crippen molar-refractivity contribution in [3.8, 4) is 5.75 Å². The molecule has 0 radical (unpaired) electrons. The summed E-state index contributed by atoms with van der Waals surface area (Å²) in [6, 6.07) is 7.37. The van der Waals surface area contributed by atoms with Gasteiger partial charge in [-0.15, -0.1) is 0 Å². The topological polar surface area (TPSA) is 67.5 Å². The number of hydrazine groups is 1. The summed E-state index contributed by atoms with van der Waals surface area (Å²) in [4.78, 5) is 0. The van der Waals surface area contributed by atoms with Crippen LogP contribution in [0.15, 0.2) is 24.3 Å². The Hall–Kier alpha value is -1.10. The van der Waals surface area contributed by atoms with Gasteiger partial charge in [-0.2, -0.15) is 0 Å². The maximum absolute atomic E-state index is 9.66. The minimum absolute atomic E-state index is 0.209. The lowest BCUT2D eigenvalue weighted by Gasteiger charge is -2.21. The number of nitrogens with one attached hydrogen (secondary N) is 1. The normalized spacial score (nSPS) is 13.6. The number of hydrogen-bond donors (Lipinski definition) is 3. The Labute approximate surface area is 96.4 Å². The molecular formula is C12H20N2O2. The van der Waals surface area contributed by atoms with Gasteiger partial charge >= 0.3 is 0 Å². The molecule has 1 unspecified atom stereocenters. The van der Waals surface area contributed by atoms with E-state index in [-0.39, 0.29) is 5.60 Å². The summed E-state index contributed by atoms with van der Waals surface area (Å²) >= 11 is 0. The molecular weight excluding hydrogens is 204 g/mol. The molecule has 4 N–H and O–H groups in total. The van der Waals surface area contributed by atoms with Gasteiger partial charge in [-0.05, 0) is 38.5 Å². The number of nitrogens with two attached hydrogens (primary N) is 1. The van der Waals surface area contributed by atoms with Crippen molar-refractivity contribution >= 4 is 0 Å². The van der Waals surface area contributed by atoms with Crippen molar-refractivity contribution in [1.29, 1.82) is 0 Å². The lowest BCUT2D eigenvalue weighted by molar-refractivity contribution is 0.130. The van der Waals surface area contributed by atoms with E-state index in [1.54, 1.807) is 0 Å². The van der Waals surface area contributed by atoms with Gasteiger partial charge in [0, 0.05) is 6.54 Å². The molecule has 0 heterocycles. The predicted octanol–water partition coefficient (Wildman–Crippen LogP) is 1.36. The Balaban J connectivity index is 2.68. The summed E-state index contributed by atoms with van der Waals surface area (Å²) in [7, 11) is 0. The lowest BCUT2D eigenvalue weighted by Crippen LogP contribution is -2.27. The molecule has 0 bridgehead atoms. The van der Waals surface area contributed by atoms with Crippen LogP contribution < -0.4 is 16.0 Å². The molecule has 4 heteroatoms. The van der Waals surface area contributed by atoms with Crippen LogP contribution in [0.3, 0.4) is 0 Å². The third kappa shape index (κ3) is 4.18. The molecule has 1 aromatic rings. The quantitative estimate of drug-likeness (QED) is 0.533. The van der Waals surface area contributed by atoms with Crippen molar-refractivity contribution in [3.05, 3.63) is 29.8 Å². The summed E-state index contributed by atoms with van der Waals surface area (Å²) in [5.74, 6) is 5.94. The Bertz CT molecular complexity index is 317. The zero-order chi connectivity index (χ0) is 12.2. The van der Waals surface area contributed by atoms with Gasteiger partial charge in [0.15, 0.2) is 0 Å². The molecule has 0 aliphatic heterocycles. The van der Waals surface area contributed by atoms with E-state index in [0.717, 1.165) is 11.3 Å². The van der Waals surface area contributed by atoms with Crippen molar-refractivity contribution in [2.24, 2.45) is 5.84 Å². The van der Waals surface area contributed by atoms with E-state index in [1.807, 2.05) is 45.0 Å². The van der Waals surface area contributed by atoms with Crippen LogP contribution in [0, 0.1) is 0 Å². The molecule has 0 saturated heterocycles. The van der Waals surface area contributed by atoms with E-state index < -0.39 is 6.10 Å². The number of hydrogen-bond acceptors (Lipinski definition) is 4. The zero-order valence-electron chi connectivity index (χ0n) is 10.0. The van der Waals surface area contributed by atoms with E-state index in [0.29, 0.717) is 6.54 Å². The first-order valence-electron chi connectivity index (χ1n) is 5.33. The van der Waals surface area contributed by atoms with Gasteiger partial charge in [0.25, 0.3) is 0 Å². The van der Waals surface area contributed by atoms with Crippen molar-refractivity contribution in [1.82, 2.24) is 5.43 Å². The first-order valence-corrected chi connectivity index (χ1v) is 5.33. The Morgan fingerprint density at radius 2 is 1.88 bits per heavy atom. The molecule has 0 aliphatic carbocycles. The Kier molecular flexibility index (Phi) is 4.29. The molecule has 0 spiro atoms. The fourth-order valence-electron chi connectivity index (χ4n) is 1.34. The smallest absolute Gasteiger partial charge is 0.120 e. The summed E-state index contributed by atoms with van der Waals surface area (Å²) in [6.45, 7) is 6.32. The Morgan fingerprint density at radius 1 is 1.31 bits per heavy atom. The molecule has 1 rings (SSSR count). The number of aliphatic hydroxyl groups is 1. The maximum Gasteiger partial charge on any atom is 0.120 e. The van der Waals surface area contributed by atoms with Crippen LogP contribution in [0.4, 0.5) is 0 Å². The van der Waals surface area contributed by atoms with E-state index in [9.17, 15) is 5.11 Å². The second-order valence-electron chi connectivity index (χ2n) is 4.71. The lowest BCUT2D eigenvalue weighted by atomic mass is 10.1. The number of benzene rings is 1. The van der Waals surface area contributed by atoms with Crippen molar-refractivity contribution in [3.63, 3.8) is 0 Å². The van der Waals surface area contributed by atoms with Crippen LogP contribution in [0.25, 0.3) is 0 Å². The van der Waals surface area contributed by atoms with Gasteiger partial charge in [-0.25, -0.2) is 0 Å². The van der Waals surface area contributed by atoms with Gasteiger partial charge in [0.2, 0.25) is 0 Å². The van der Waals surface area contributed by atoms with Crippen LogP contribution in [-0.2, 0) is 0 Å². The van der Waals surface area contributed by atoms with Crippen molar-refractivity contribution < 1.29 is 9.84 Å². The fraction of sp³-hybridized carbons (Fsp3) is 0.500. The highest BCUT2D eigenvalue weighted by molar-refractivity contribution is 5.29. The van der Waals surface area contributed by atoms with E-state index in [2.05, 4.69) is 5.43 Å². The molecule has 0 aromatic heterocycles. The van der Waals surface area contributed by atoms with E-state index >= 15 is 0 Å². The van der Waals surface area contributed by atoms with Gasteiger partial charge in [0.05, 0.1) is 6.10 Å². The maximum atomic E-state index is 9.66. The monoisotopic (exact) mass is 224 g/mol. The molecule has 1 aromatic carbocycles. The largest absolute Gasteiger partial charge is 0.488 e. The fourth-order valence-corrected chi connectivity index (χ4v) is 1.34. The summed E-state index contributed by atoms with van der Waals surface area (Å²) in [6.07, 6.45) is -0.589. The number of ether oxygens (including phenoxy) is 1. The summed E-state index contributed by atoms with van der Waals surface area (Å²) in [5.41, 5.74) is 3.05. The minimum atomic E-state index is -0.589. The molecule has 0 fully saturated rings. The SMILES string of the molecule is CC(C)(C)Oc1ccc(C(O)CNN)cc1. The average molecular weight is 224 g/mol. The molecule has 90 valence electrons. The molecule has 0 saturated carbocycles. The number of rotatable bonds is 4. The highest BCUT2D eigenvalue weighted by Crippen LogP contribution is 2.21. The average Bonchev–Trinajstić information content (AvgIpc) is 2.16. The third-order valence-corrected chi connectivity index (χ3v) is 2.00. The summed E-state index contributed by atoms with van der Waals surface area (Å²) < 4.78 is 5.67. The van der Waals surface area contributed by atoms with Crippen LogP contribution in [-0.4, -0.2) is 17.3 Å². The molecule has 16 heavy (non-hydrogen) atoms. The predicted molar refractivity (Wildman–Crippen MR) is 64.0 cm³/mol. The van der Waals surface area contributed by atoms with Crippen LogP contribution in [0.2, 0.25) is 0 Å². The van der Waals surface area contributed by atoms with Crippen LogP contribution >= 0.6 is 0 Å². The second-order valence-corrected chi connectivity index (χ2v) is 4.71. The van der Waals surface area contributed by atoms with E-state index in [4.69, 9.17) is 10.6 Å². The molecule has 4 nitrogen and oxygen atoms in total. The van der Waals surface area contributed by atoms with Gasteiger partial charge in [-0.3, -0.25) is 11.3 Å². The third-order valence-electron chi connectivity index (χ3n) is 2.00. The number of aliphatic hydroxyl groups excluding tert-OH is 1. The standard InChI is InChI=1S/C12H20N2O2/c1-12(2,3)16-10-6-4-9(5-7-10)11(15)8-14-13/h4-7,11,14-15H,8,13H2,1-3H3. The molecule has 0 aliphatic rings. The van der Waals surface area contributed by atoms with Crippen molar-refractivity contribution in [2.45, 2.75) is 32.5 Å². The minimum Gasteiger partial charge on any atom is -0.488 e. The van der Waals surface area contributed by atoms with Gasteiger partial charge in [-0.1, -0.05) is 12.1 Å². The molecule has 0 amide bonds. The van der Waals surface area contributed by atoms with Crippen molar-refractivity contribution in [2.75, 3.05) is 6.54 Å². The highest BCUT2D eigenvalue weighted by Gasteiger charge is 2.12. The summed E-state index contributed by atoms with van der Waals surface area (Å²) in [5, 5.41) is 9.66. The first-order chi connectivity index (χ1) is 7.42. The first kappa shape index (κ1) is 13.0. The Morgan fingerprint density at radius 3 is 2.31 bits per heavy atom. The van der Waals surface area contributed by atoms with Gasteiger partial charge < -0.3 is 9.84 Å². The molecule has 1 atom stereocenters. The second kappa shape index (κ2) is 5.30. The van der Waals surface area contributed by atoms with Gasteiger partial charge in [0.1, 0.15) is 11.4 Å². The van der Waals surface area contributed by atoms with E-state index in [1.165, 1.54) is 0 Å². The highest BCUT2D eigenvalue weighted by atomic mass is 16.5. The zero-order valence-corrected chi connectivity index (χ0v) is 10.0. The van der Waals surface area contributed by atoms with Crippen LogP contribution in [0.1, 0.15) is 32.4 Å².